The van der Waals surface area contributed by atoms with Crippen LogP contribution in [0.15, 0.2) is 30.7 Å². The molecular formula is C17H19N7. The van der Waals surface area contributed by atoms with Gasteiger partial charge in [-0.3, -0.25) is 4.40 Å². The summed E-state index contributed by atoms with van der Waals surface area (Å²) >= 11 is 0. The van der Waals surface area contributed by atoms with E-state index < -0.39 is 0 Å². The van der Waals surface area contributed by atoms with Crippen molar-refractivity contribution in [1.29, 1.82) is 0 Å². The number of anilines is 1. The maximum Gasteiger partial charge on any atom is 0.233 e. The van der Waals surface area contributed by atoms with Gasteiger partial charge in [-0.15, -0.1) is 0 Å². The van der Waals surface area contributed by atoms with Crippen molar-refractivity contribution in [2.75, 3.05) is 5.32 Å². The standard InChI is InChI=1S/C17H19N7/c1-4-13-8-15(24-16(20-13)11(2)12(3)22-24)19-9-14-10-23-7-5-6-18-17(23)21-14/h5-8,10,19H,4,9H2,1-3H3. The molecular weight excluding hydrogens is 302 g/mol. The summed E-state index contributed by atoms with van der Waals surface area (Å²) in [5, 5.41) is 8.03. The second-order valence-electron chi connectivity index (χ2n) is 5.84. The van der Waals surface area contributed by atoms with E-state index in [4.69, 9.17) is 4.98 Å². The van der Waals surface area contributed by atoms with Crippen LogP contribution >= 0.6 is 0 Å². The summed E-state index contributed by atoms with van der Waals surface area (Å²) in [6.45, 7) is 6.77. The van der Waals surface area contributed by atoms with Crippen LogP contribution in [0.5, 0.6) is 0 Å². The van der Waals surface area contributed by atoms with Gasteiger partial charge in [0.15, 0.2) is 5.65 Å². The molecule has 4 aromatic heterocycles. The summed E-state index contributed by atoms with van der Waals surface area (Å²) in [4.78, 5) is 13.5. The average Bonchev–Trinajstić information content (AvgIpc) is 3.14. The Morgan fingerprint density at radius 2 is 2.04 bits per heavy atom. The van der Waals surface area contributed by atoms with Gasteiger partial charge in [0.2, 0.25) is 5.78 Å². The molecule has 7 nitrogen and oxygen atoms in total. The van der Waals surface area contributed by atoms with Gasteiger partial charge in [0.05, 0.1) is 17.9 Å². The molecule has 0 saturated heterocycles. The van der Waals surface area contributed by atoms with Crippen LogP contribution in [0.25, 0.3) is 11.4 Å². The number of hydrogen-bond acceptors (Lipinski definition) is 5. The molecule has 0 bridgehead atoms. The SMILES string of the molecule is CCc1cc(NCc2cn3cccnc3n2)n2nc(C)c(C)c2n1. The van der Waals surface area contributed by atoms with E-state index >= 15 is 0 Å². The zero-order chi connectivity index (χ0) is 16.7. The molecule has 0 unspecified atom stereocenters. The number of imidazole rings is 1. The zero-order valence-corrected chi connectivity index (χ0v) is 14.0. The van der Waals surface area contributed by atoms with Gasteiger partial charge in [-0.2, -0.15) is 9.61 Å². The normalized spacial score (nSPS) is 11.5. The predicted molar refractivity (Wildman–Crippen MR) is 92.2 cm³/mol. The quantitative estimate of drug-likeness (QED) is 0.625. The van der Waals surface area contributed by atoms with E-state index in [1.165, 1.54) is 0 Å². The molecule has 0 aliphatic carbocycles. The molecule has 0 radical (unpaired) electrons. The zero-order valence-electron chi connectivity index (χ0n) is 14.0. The molecule has 0 aliphatic heterocycles. The lowest BCUT2D eigenvalue weighted by atomic mass is 10.2. The van der Waals surface area contributed by atoms with Crippen LogP contribution in [-0.2, 0) is 13.0 Å². The van der Waals surface area contributed by atoms with Crippen molar-refractivity contribution in [1.82, 2.24) is 29.0 Å². The molecule has 0 spiro atoms. The Kier molecular flexibility index (Phi) is 3.41. The maximum absolute atomic E-state index is 4.70. The maximum atomic E-state index is 4.70. The van der Waals surface area contributed by atoms with Gasteiger partial charge in [-0.1, -0.05) is 6.92 Å². The molecule has 7 heteroatoms. The van der Waals surface area contributed by atoms with Crippen molar-refractivity contribution in [3.8, 4) is 0 Å². The highest BCUT2D eigenvalue weighted by Gasteiger charge is 2.12. The largest absolute Gasteiger partial charge is 0.364 e. The fourth-order valence-electron chi connectivity index (χ4n) is 2.73. The summed E-state index contributed by atoms with van der Waals surface area (Å²) in [5.41, 5.74) is 4.99. The number of rotatable bonds is 4. The molecule has 0 saturated carbocycles. The number of hydrogen-bond donors (Lipinski definition) is 1. The molecule has 1 N–H and O–H groups in total. The van der Waals surface area contributed by atoms with Gasteiger partial charge in [0, 0.05) is 35.9 Å². The van der Waals surface area contributed by atoms with Crippen LogP contribution in [0.1, 0.15) is 29.6 Å². The predicted octanol–water partition coefficient (Wildman–Crippen LogP) is 2.56. The smallest absolute Gasteiger partial charge is 0.233 e. The molecule has 0 aliphatic rings. The van der Waals surface area contributed by atoms with Gasteiger partial charge in [-0.05, 0) is 26.3 Å². The van der Waals surface area contributed by atoms with Crippen LogP contribution in [-0.4, -0.2) is 29.0 Å². The van der Waals surface area contributed by atoms with Crippen LogP contribution < -0.4 is 5.32 Å². The second kappa shape index (κ2) is 5.59. The highest BCUT2D eigenvalue weighted by atomic mass is 15.3. The minimum absolute atomic E-state index is 0.601. The molecule has 0 aromatic carbocycles. The number of aromatic nitrogens is 6. The molecule has 0 fully saturated rings. The van der Waals surface area contributed by atoms with Gasteiger partial charge in [-0.25, -0.2) is 15.0 Å². The molecule has 0 atom stereocenters. The van der Waals surface area contributed by atoms with Crippen molar-refractivity contribution in [3.63, 3.8) is 0 Å². The van der Waals surface area contributed by atoms with Crippen molar-refractivity contribution >= 4 is 17.2 Å². The van der Waals surface area contributed by atoms with Crippen LogP contribution in [0.2, 0.25) is 0 Å². The van der Waals surface area contributed by atoms with E-state index in [1.807, 2.05) is 40.4 Å². The highest BCUT2D eigenvalue weighted by Crippen LogP contribution is 2.19. The number of nitrogens with one attached hydrogen (secondary N) is 1. The first-order valence-corrected chi connectivity index (χ1v) is 8.04. The third kappa shape index (κ3) is 2.38. The van der Waals surface area contributed by atoms with Crippen LogP contribution in [0, 0.1) is 13.8 Å². The second-order valence-corrected chi connectivity index (χ2v) is 5.84. The van der Waals surface area contributed by atoms with E-state index in [1.54, 1.807) is 6.20 Å². The Morgan fingerprint density at radius 1 is 1.17 bits per heavy atom. The summed E-state index contributed by atoms with van der Waals surface area (Å²) in [7, 11) is 0. The minimum atomic E-state index is 0.601. The van der Waals surface area contributed by atoms with Crippen molar-refractivity contribution < 1.29 is 0 Å². The first-order valence-electron chi connectivity index (χ1n) is 8.04. The first kappa shape index (κ1) is 14.6. The monoisotopic (exact) mass is 321 g/mol. The van der Waals surface area contributed by atoms with E-state index in [9.17, 15) is 0 Å². The molecule has 0 amide bonds. The van der Waals surface area contributed by atoms with Crippen LogP contribution in [0.3, 0.4) is 0 Å². The number of fused-ring (bicyclic) bond motifs is 2. The number of nitrogens with zero attached hydrogens (tertiary/aromatic N) is 6. The lowest BCUT2D eigenvalue weighted by Gasteiger charge is -2.09. The Balaban J connectivity index is 1.69. The highest BCUT2D eigenvalue weighted by molar-refractivity contribution is 5.56. The number of aryl methyl sites for hydroxylation is 3. The van der Waals surface area contributed by atoms with Crippen molar-refractivity contribution in [3.05, 3.63) is 53.4 Å². The summed E-state index contributed by atoms with van der Waals surface area (Å²) in [6.07, 6.45) is 6.55. The Bertz CT molecular complexity index is 995. The van der Waals surface area contributed by atoms with E-state index in [-0.39, 0.29) is 0 Å². The fraction of sp³-hybridized carbons (Fsp3) is 0.294. The molecule has 122 valence electrons. The fourth-order valence-corrected chi connectivity index (χ4v) is 2.73. The van der Waals surface area contributed by atoms with Crippen LogP contribution in [0.4, 0.5) is 5.82 Å². The van der Waals surface area contributed by atoms with E-state index in [0.717, 1.165) is 40.5 Å². The molecule has 24 heavy (non-hydrogen) atoms. The van der Waals surface area contributed by atoms with E-state index in [2.05, 4.69) is 34.2 Å². The molecule has 4 rings (SSSR count). The Hall–Kier alpha value is -2.96. The Morgan fingerprint density at radius 3 is 2.83 bits per heavy atom. The third-order valence-electron chi connectivity index (χ3n) is 4.21. The third-order valence-corrected chi connectivity index (χ3v) is 4.21. The molecule has 4 aromatic rings. The van der Waals surface area contributed by atoms with Crippen molar-refractivity contribution in [2.45, 2.75) is 33.7 Å². The van der Waals surface area contributed by atoms with Gasteiger partial charge < -0.3 is 5.32 Å². The summed E-state index contributed by atoms with van der Waals surface area (Å²) in [5.74, 6) is 1.63. The Labute approximate surface area is 139 Å². The van der Waals surface area contributed by atoms with E-state index in [0.29, 0.717) is 12.3 Å². The summed E-state index contributed by atoms with van der Waals surface area (Å²) < 4.78 is 3.79. The molecule has 4 heterocycles. The lowest BCUT2D eigenvalue weighted by molar-refractivity contribution is 0.885. The summed E-state index contributed by atoms with van der Waals surface area (Å²) in [6, 6.07) is 3.94. The first-order chi connectivity index (χ1) is 11.7. The average molecular weight is 321 g/mol. The van der Waals surface area contributed by atoms with Gasteiger partial charge >= 0.3 is 0 Å². The minimum Gasteiger partial charge on any atom is -0.364 e. The van der Waals surface area contributed by atoms with Gasteiger partial charge in [0.25, 0.3) is 0 Å². The topological polar surface area (TPSA) is 72.4 Å². The van der Waals surface area contributed by atoms with Gasteiger partial charge in [0.1, 0.15) is 5.82 Å². The lowest BCUT2D eigenvalue weighted by Crippen LogP contribution is -2.08. The van der Waals surface area contributed by atoms with Crippen molar-refractivity contribution in [2.24, 2.45) is 0 Å².